The van der Waals surface area contributed by atoms with Crippen LogP contribution in [0.5, 0.6) is 0 Å². The highest BCUT2D eigenvalue weighted by Crippen LogP contribution is 2.44. The van der Waals surface area contributed by atoms with Crippen LogP contribution in [0, 0.1) is 0 Å². The maximum absolute atomic E-state index is 5.08. The molecule has 1 aliphatic carbocycles. The monoisotopic (exact) mass is 706 g/mol. The molecule has 2 aromatic heterocycles. The summed E-state index contributed by atoms with van der Waals surface area (Å²) in [6.07, 6.45) is 16.5. The van der Waals surface area contributed by atoms with Crippen LogP contribution in [0.2, 0.25) is 0 Å². The molecule has 0 saturated carbocycles. The van der Waals surface area contributed by atoms with E-state index in [0.29, 0.717) is 0 Å². The molecule has 262 valence electrons. The predicted molar refractivity (Wildman–Crippen MR) is 232 cm³/mol. The fourth-order valence-electron chi connectivity index (χ4n) is 9.19. The van der Waals surface area contributed by atoms with Gasteiger partial charge in [0.1, 0.15) is 5.82 Å². The first kappa shape index (κ1) is 31.8. The van der Waals surface area contributed by atoms with Crippen molar-refractivity contribution >= 4 is 77.8 Å². The van der Waals surface area contributed by atoms with Crippen molar-refractivity contribution in [1.82, 2.24) is 9.55 Å². The minimum Gasteiger partial charge on any atom is -0.298 e. The number of fused-ring (bicyclic) bond motifs is 6. The van der Waals surface area contributed by atoms with Gasteiger partial charge in [0.05, 0.1) is 16.9 Å². The van der Waals surface area contributed by atoms with Crippen molar-refractivity contribution in [1.29, 1.82) is 0 Å². The predicted octanol–water partition coefficient (Wildman–Crippen LogP) is 13.2. The molecule has 0 bridgehead atoms. The largest absolute Gasteiger partial charge is 0.298 e. The Labute approximate surface area is 320 Å². The lowest BCUT2D eigenvalue weighted by atomic mass is 9.84. The van der Waals surface area contributed by atoms with Crippen LogP contribution in [0.3, 0.4) is 0 Å². The molecule has 0 saturated heterocycles. The number of allylic oxidation sites excluding steroid dienone is 5. The first-order valence-corrected chi connectivity index (χ1v) is 19.5. The molecule has 8 aromatic rings. The van der Waals surface area contributed by atoms with Crippen molar-refractivity contribution in [2.75, 3.05) is 0 Å². The maximum atomic E-state index is 5.08. The summed E-state index contributed by atoms with van der Waals surface area (Å²) in [6, 6.07) is 46.4. The summed E-state index contributed by atoms with van der Waals surface area (Å²) in [7, 11) is 0. The summed E-state index contributed by atoms with van der Waals surface area (Å²) in [5.41, 5.74) is 13.5. The van der Waals surface area contributed by atoms with Gasteiger partial charge in [0.25, 0.3) is 0 Å². The highest BCUT2D eigenvalue weighted by molar-refractivity contribution is 6.19. The molecule has 6 aromatic carbocycles. The fraction of sp³-hybridized carbons (Fsp3) is 0.118. The Balaban J connectivity index is 0.912. The van der Waals surface area contributed by atoms with E-state index < -0.39 is 0 Å². The molecule has 4 nitrogen and oxygen atoms in total. The van der Waals surface area contributed by atoms with E-state index in [2.05, 4.69) is 157 Å². The normalized spacial score (nSPS) is 15.6. The molecule has 0 spiro atoms. The number of nitrogens with zero attached hydrogens (tertiary/aromatic N) is 4. The van der Waals surface area contributed by atoms with Crippen LogP contribution in [0.4, 0.5) is 5.82 Å². The molecule has 55 heavy (non-hydrogen) atoms. The van der Waals surface area contributed by atoms with Crippen LogP contribution in [-0.2, 0) is 6.42 Å². The maximum Gasteiger partial charge on any atom is 0.140 e. The number of aromatic nitrogens is 2. The summed E-state index contributed by atoms with van der Waals surface area (Å²) in [4.78, 5) is 14.9. The molecular weight excluding hydrogens is 669 g/mol. The van der Waals surface area contributed by atoms with Crippen LogP contribution in [0.15, 0.2) is 162 Å². The molecule has 0 unspecified atom stereocenters. The second-order valence-electron chi connectivity index (χ2n) is 14.9. The van der Waals surface area contributed by atoms with Gasteiger partial charge in [0.15, 0.2) is 0 Å². The third kappa shape index (κ3) is 5.32. The smallest absolute Gasteiger partial charge is 0.140 e. The number of hydrogen-bond acceptors (Lipinski definition) is 3. The van der Waals surface area contributed by atoms with Crippen LogP contribution in [0.1, 0.15) is 54.5 Å². The molecule has 0 N–H and O–H groups in total. The van der Waals surface area contributed by atoms with Crippen LogP contribution in [0.25, 0.3) is 71.2 Å². The summed E-state index contributed by atoms with van der Waals surface area (Å²) < 4.78 is 2.38. The summed E-state index contributed by atoms with van der Waals surface area (Å²) in [5, 5.41) is 8.93. The van der Waals surface area contributed by atoms with Gasteiger partial charge in [-0.15, -0.1) is 0 Å². The molecular formula is C51H38N4. The Hall–Kier alpha value is -6.65. The highest BCUT2D eigenvalue weighted by atomic mass is 15.1. The number of para-hydroxylation sites is 1. The van der Waals surface area contributed by atoms with Crippen LogP contribution < -0.4 is 0 Å². The van der Waals surface area contributed by atoms with Crippen molar-refractivity contribution in [3.05, 3.63) is 174 Å². The molecule has 4 heteroatoms. The van der Waals surface area contributed by atoms with E-state index in [4.69, 9.17) is 15.0 Å². The molecule has 0 amide bonds. The third-order valence-electron chi connectivity index (χ3n) is 11.8. The number of benzene rings is 6. The van der Waals surface area contributed by atoms with Crippen molar-refractivity contribution in [2.24, 2.45) is 9.98 Å². The highest BCUT2D eigenvalue weighted by Gasteiger charge is 2.23. The van der Waals surface area contributed by atoms with Crippen LogP contribution >= 0.6 is 0 Å². The number of aliphatic imine (C=N–C) groups is 2. The lowest BCUT2D eigenvalue weighted by molar-refractivity contribution is 0.950. The Morgan fingerprint density at radius 1 is 0.527 bits per heavy atom. The second-order valence-corrected chi connectivity index (χ2v) is 14.9. The average molecular weight is 707 g/mol. The number of rotatable bonds is 5. The van der Waals surface area contributed by atoms with Gasteiger partial charge in [0, 0.05) is 35.3 Å². The lowest BCUT2D eigenvalue weighted by Crippen LogP contribution is -2.08. The van der Waals surface area contributed by atoms with Crippen molar-refractivity contribution in [3.8, 4) is 11.1 Å². The van der Waals surface area contributed by atoms with E-state index in [9.17, 15) is 0 Å². The number of pyridine rings is 1. The quantitative estimate of drug-likeness (QED) is 0.164. The van der Waals surface area contributed by atoms with E-state index in [-0.39, 0.29) is 0 Å². The summed E-state index contributed by atoms with van der Waals surface area (Å²) in [6.45, 7) is 0. The average Bonchev–Trinajstić information content (AvgIpc) is 3.60. The first-order chi connectivity index (χ1) is 27.3. The zero-order valence-corrected chi connectivity index (χ0v) is 30.5. The molecule has 0 atom stereocenters. The lowest BCUT2D eigenvalue weighted by Gasteiger charge is -2.21. The first-order valence-electron chi connectivity index (χ1n) is 19.5. The zero-order valence-electron chi connectivity index (χ0n) is 30.5. The minimum atomic E-state index is 0.847. The number of hydrogen-bond donors (Lipinski definition) is 0. The number of aryl methyl sites for hydroxylation is 1. The van der Waals surface area contributed by atoms with E-state index in [1.54, 1.807) is 0 Å². The summed E-state index contributed by atoms with van der Waals surface area (Å²) >= 11 is 0. The van der Waals surface area contributed by atoms with Gasteiger partial charge >= 0.3 is 0 Å². The van der Waals surface area contributed by atoms with Crippen molar-refractivity contribution in [3.63, 3.8) is 0 Å². The van der Waals surface area contributed by atoms with Gasteiger partial charge in [0.2, 0.25) is 0 Å². The van der Waals surface area contributed by atoms with E-state index in [1.807, 2.05) is 6.20 Å². The van der Waals surface area contributed by atoms with E-state index in [0.717, 1.165) is 55.7 Å². The minimum absolute atomic E-state index is 0.847. The third-order valence-corrected chi connectivity index (χ3v) is 11.8. The Bertz CT molecular complexity index is 2970. The van der Waals surface area contributed by atoms with Crippen LogP contribution in [-0.4, -0.2) is 21.5 Å². The van der Waals surface area contributed by atoms with Crippen molar-refractivity contribution < 1.29 is 0 Å². The second kappa shape index (κ2) is 13.0. The Morgan fingerprint density at radius 2 is 1.22 bits per heavy atom. The zero-order chi connectivity index (χ0) is 36.3. The van der Waals surface area contributed by atoms with Gasteiger partial charge in [-0.1, -0.05) is 115 Å². The molecule has 0 fully saturated rings. The Morgan fingerprint density at radius 3 is 1.93 bits per heavy atom. The van der Waals surface area contributed by atoms with Crippen molar-refractivity contribution in [2.45, 2.75) is 38.5 Å². The van der Waals surface area contributed by atoms with Gasteiger partial charge in [-0.25, -0.2) is 4.99 Å². The van der Waals surface area contributed by atoms with Gasteiger partial charge in [-0.2, -0.15) is 0 Å². The SMILES string of the molecule is C1=Nc2c(c3ccccc3n2C2=CC=C(c3ccc(C4=NC=C(c5c6ccccc6c(-c6ccc7ccccc7c6)c6ccccc56)CC4)nc3)CC2)CC1. The van der Waals surface area contributed by atoms with Gasteiger partial charge in [-0.3, -0.25) is 14.5 Å². The molecule has 0 radical (unpaired) electrons. The van der Waals surface area contributed by atoms with E-state index >= 15 is 0 Å². The fourth-order valence-corrected chi connectivity index (χ4v) is 9.19. The van der Waals surface area contributed by atoms with E-state index in [1.165, 1.54) is 87.9 Å². The molecule has 3 aliphatic rings. The molecule has 2 aliphatic heterocycles. The summed E-state index contributed by atoms with van der Waals surface area (Å²) in [5.74, 6) is 1.10. The topological polar surface area (TPSA) is 42.5 Å². The Kier molecular flexibility index (Phi) is 7.54. The molecule has 4 heterocycles. The van der Waals surface area contributed by atoms with Gasteiger partial charge in [-0.05, 0) is 129 Å². The van der Waals surface area contributed by atoms with Gasteiger partial charge < -0.3 is 0 Å². The molecule has 11 rings (SSSR count). The standard InChI is InChI=1S/C51H38N4/c1-2-11-35-30-36(20-19-33(35)10-1)49-41-13-3-5-15-43(41)50(44-16-6-4-14-42(44)49)38-24-28-47(54-32-38)46-27-23-37(31-53-46)34-21-25-39(26-22-34)55-48-18-8-7-12-40(48)45-17-9-29-52-51(45)55/h1-8,10-16,18-21,23,25,27,29-32H,9,17,22,24,26,28H2.